The van der Waals surface area contributed by atoms with E-state index in [1.54, 1.807) is 30.3 Å². The molecule has 0 heterocycles. The number of nitrogens with one attached hydrogen (secondary N) is 1. The number of rotatable bonds is 12. The normalized spacial score (nSPS) is 13.2. The van der Waals surface area contributed by atoms with Gasteiger partial charge in [-0.3, -0.25) is 9.59 Å². The standard InChI is InChI=1S/C25H36N4O4S/c1-6-20(3)26-25(31)23(7-2)28(18-21-14-10-8-11-15-21)24(30)19-29(34(32,33)27(4)5)22-16-12-9-13-17-22/h8-17,20,23H,6-7,18-19H2,1-5H3,(H,26,31)/t20-,23-/m0/s1. The molecule has 0 aliphatic carbocycles. The second-order valence-electron chi connectivity index (χ2n) is 8.38. The van der Waals surface area contributed by atoms with Crippen molar-refractivity contribution in [1.29, 1.82) is 0 Å². The quantitative estimate of drug-likeness (QED) is 0.497. The summed E-state index contributed by atoms with van der Waals surface area (Å²) in [5.74, 6) is -0.702. The molecule has 0 saturated carbocycles. The Bertz CT molecular complexity index is 1030. The van der Waals surface area contributed by atoms with Crippen LogP contribution in [0.4, 0.5) is 5.69 Å². The lowest BCUT2D eigenvalue weighted by atomic mass is 10.1. The van der Waals surface area contributed by atoms with Crippen LogP contribution in [0.1, 0.15) is 39.2 Å². The van der Waals surface area contributed by atoms with Crippen LogP contribution in [0.25, 0.3) is 0 Å². The van der Waals surface area contributed by atoms with Crippen molar-refractivity contribution < 1.29 is 18.0 Å². The Morgan fingerprint density at radius 3 is 1.97 bits per heavy atom. The van der Waals surface area contributed by atoms with Gasteiger partial charge in [0.25, 0.3) is 0 Å². The van der Waals surface area contributed by atoms with Crippen molar-refractivity contribution in [3.63, 3.8) is 0 Å². The number of hydrogen-bond acceptors (Lipinski definition) is 4. The Balaban J connectivity index is 2.44. The molecule has 0 bridgehead atoms. The number of carbonyl (C=O) groups is 2. The van der Waals surface area contributed by atoms with Crippen LogP contribution < -0.4 is 9.62 Å². The molecule has 2 atom stereocenters. The molecular formula is C25H36N4O4S. The first-order valence-corrected chi connectivity index (χ1v) is 12.9. The summed E-state index contributed by atoms with van der Waals surface area (Å²) in [4.78, 5) is 28.3. The minimum Gasteiger partial charge on any atom is -0.352 e. The topological polar surface area (TPSA) is 90.0 Å². The van der Waals surface area contributed by atoms with Crippen LogP contribution in [0.3, 0.4) is 0 Å². The number of amides is 2. The van der Waals surface area contributed by atoms with E-state index in [0.717, 1.165) is 20.6 Å². The monoisotopic (exact) mass is 488 g/mol. The van der Waals surface area contributed by atoms with Crippen LogP contribution in [0, 0.1) is 0 Å². The predicted molar refractivity (Wildman–Crippen MR) is 135 cm³/mol. The average Bonchev–Trinajstić information content (AvgIpc) is 2.83. The van der Waals surface area contributed by atoms with Crippen molar-refractivity contribution in [1.82, 2.24) is 14.5 Å². The summed E-state index contributed by atoms with van der Waals surface area (Å²) in [6.45, 7) is 5.50. The Morgan fingerprint density at radius 1 is 0.912 bits per heavy atom. The van der Waals surface area contributed by atoms with Gasteiger partial charge < -0.3 is 10.2 Å². The second kappa shape index (κ2) is 12.5. The lowest BCUT2D eigenvalue weighted by molar-refractivity contribution is -0.140. The summed E-state index contributed by atoms with van der Waals surface area (Å²) >= 11 is 0. The first kappa shape index (κ1) is 27.3. The summed E-state index contributed by atoms with van der Waals surface area (Å²) in [6.07, 6.45) is 1.16. The second-order valence-corrected chi connectivity index (χ2v) is 10.4. The average molecular weight is 489 g/mol. The maximum Gasteiger partial charge on any atom is 0.304 e. The Morgan fingerprint density at radius 2 is 1.47 bits per heavy atom. The van der Waals surface area contributed by atoms with Crippen molar-refractivity contribution in [3.05, 3.63) is 66.2 Å². The van der Waals surface area contributed by atoms with Crippen molar-refractivity contribution >= 4 is 27.7 Å². The molecule has 9 heteroatoms. The molecule has 0 aliphatic rings. The number of benzene rings is 2. The molecule has 1 N–H and O–H groups in total. The van der Waals surface area contributed by atoms with E-state index in [9.17, 15) is 18.0 Å². The Hall–Kier alpha value is -2.91. The van der Waals surface area contributed by atoms with Crippen LogP contribution in [0.2, 0.25) is 0 Å². The molecule has 34 heavy (non-hydrogen) atoms. The molecule has 0 saturated heterocycles. The number of anilines is 1. The number of nitrogens with zero attached hydrogens (tertiary/aromatic N) is 3. The fourth-order valence-corrected chi connectivity index (χ4v) is 4.51. The molecule has 0 spiro atoms. The number of carbonyl (C=O) groups excluding carboxylic acids is 2. The largest absolute Gasteiger partial charge is 0.352 e. The van der Waals surface area contributed by atoms with Crippen molar-refractivity contribution in [3.8, 4) is 0 Å². The van der Waals surface area contributed by atoms with E-state index in [0.29, 0.717) is 12.1 Å². The van der Waals surface area contributed by atoms with Gasteiger partial charge in [-0.25, -0.2) is 4.31 Å². The van der Waals surface area contributed by atoms with Crippen LogP contribution >= 0.6 is 0 Å². The van der Waals surface area contributed by atoms with Gasteiger partial charge in [-0.2, -0.15) is 12.7 Å². The first-order chi connectivity index (χ1) is 16.1. The lowest BCUT2D eigenvalue weighted by Gasteiger charge is -2.34. The SMILES string of the molecule is CC[C@H](C)NC(=O)[C@H](CC)N(Cc1ccccc1)C(=O)CN(c1ccccc1)S(=O)(=O)N(C)C. The molecule has 2 aromatic rings. The first-order valence-electron chi connectivity index (χ1n) is 11.5. The summed E-state index contributed by atoms with van der Waals surface area (Å²) in [6, 6.07) is 17.1. The molecule has 0 radical (unpaired) electrons. The van der Waals surface area contributed by atoms with Gasteiger partial charge in [0.2, 0.25) is 11.8 Å². The van der Waals surface area contributed by atoms with E-state index in [1.807, 2.05) is 51.1 Å². The van der Waals surface area contributed by atoms with Gasteiger partial charge in [0, 0.05) is 26.7 Å². The summed E-state index contributed by atoms with van der Waals surface area (Å²) in [5.41, 5.74) is 1.23. The van der Waals surface area contributed by atoms with Gasteiger partial charge in [0.15, 0.2) is 0 Å². The van der Waals surface area contributed by atoms with Crippen LogP contribution in [0.15, 0.2) is 60.7 Å². The smallest absolute Gasteiger partial charge is 0.304 e. The Kier molecular flexibility index (Phi) is 10.1. The highest BCUT2D eigenvalue weighted by Gasteiger charge is 2.33. The maximum absolute atomic E-state index is 13.7. The Labute approximate surface area is 203 Å². The van der Waals surface area contributed by atoms with Crippen LogP contribution in [0.5, 0.6) is 0 Å². The van der Waals surface area contributed by atoms with Gasteiger partial charge >= 0.3 is 10.2 Å². The lowest BCUT2D eigenvalue weighted by Crippen LogP contribution is -2.54. The number of hydrogen-bond donors (Lipinski definition) is 1. The number of para-hydroxylation sites is 1. The molecule has 2 aromatic carbocycles. The van der Waals surface area contributed by atoms with E-state index in [1.165, 1.54) is 19.0 Å². The third-order valence-corrected chi connectivity index (χ3v) is 7.47. The van der Waals surface area contributed by atoms with Crippen molar-refractivity contribution in [2.24, 2.45) is 0 Å². The van der Waals surface area contributed by atoms with Crippen LogP contribution in [-0.2, 0) is 26.3 Å². The third kappa shape index (κ3) is 7.04. The molecule has 0 aliphatic heterocycles. The fraction of sp³-hybridized carbons (Fsp3) is 0.440. The molecule has 2 rings (SSSR count). The zero-order chi connectivity index (χ0) is 25.3. The molecule has 0 unspecified atom stereocenters. The highest BCUT2D eigenvalue weighted by atomic mass is 32.2. The van der Waals surface area contributed by atoms with Gasteiger partial charge in [0.1, 0.15) is 12.6 Å². The molecule has 186 valence electrons. The van der Waals surface area contributed by atoms with E-state index in [4.69, 9.17) is 0 Å². The predicted octanol–water partition coefficient (Wildman–Crippen LogP) is 3.02. The highest BCUT2D eigenvalue weighted by Crippen LogP contribution is 2.21. The van der Waals surface area contributed by atoms with Crippen LogP contribution in [-0.4, -0.2) is 62.2 Å². The minimum atomic E-state index is -3.95. The zero-order valence-electron chi connectivity index (χ0n) is 20.6. The maximum atomic E-state index is 13.7. The molecule has 0 aromatic heterocycles. The van der Waals surface area contributed by atoms with Gasteiger partial charge in [-0.05, 0) is 37.5 Å². The minimum absolute atomic E-state index is 0.0369. The van der Waals surface area contributed by atoms with Crippen molar-refractivity contribution in [2.75, 3.05) is 24.9 Å². The van der Waals surface area contributed by atoms with E-state index in [-0.39, 0.29) is 18.5 Å². The van der Waals surface area contributed by atoms with Gasteiger partial charge in [0.05, 0.1) is 5.69 Å². The van der Waals surface area contributed by atoms with Gasteiger partial charge in [-0.1, -0.05) is 62.4 Å². The molecule has 2 amide bonds. The molecule has 0 fully saturated rings. The van der Waals surface area contributed by atoms with Gasteiger partial charge in [-0.15, -0.1) is 0 Å². The fourth-order valence-electron chi connectivity index (χ4n) is 3.45. The van der Waals surface area contributed by atoms with Crippen molar-refractivity contribution in [2.45, 2.75) is 52.2 Å². The summed E-state index contributed by atoms with van der Waals surface area (Å²) in [7, 11) is -1.11. The zero-order valence-corrected chi connectivity index (χ0v) is 21.5. The van der Waals surface area contributed by atoms with E-state index in [2.05, 4.69) is 5.32 Å². The molecular weight excluding hydrogens is 452 g/mol. The van der Waals surface area contributed by atoms with E-state index < -0.39 is 28.7 Å². The van der Waals surface area contributed by atoms with E-state index >= 15 is 0 Å². The summed E-state index contributed by atoms with van der Waals surface area (Å²) in [5, 5.41) is 2.96. The molecule has 8 nitrogen and oxygen atoms in total. The highest BCUT2D eigenvalue weighted by molar-refractivity contribution is 7.90. The third-order valence-electron chi connectivity index (χ3n) is 5.65. The summed E-state index contributed by atoms with van der Waals surface area (Å²) < 4.78 is 28.4.